The maximum Gasteiger partial charge on any atom is 0.343 e. The van der Waals surface area contributed by atoms with E-state index in [1.165, 1.54) is 30.9 Å². The molecular weight excluding hydrogens is 292 g/mol. The van der Waals surface area contributed by atoms with Gasteiger partial charge in [-0.2, -0.15) is 4.90 Å². The lowest BCUT2D eigenvalue weighted by molar-refractivity contribution is 0.173. The Morgan fingerprint density at radius 2 is 1.86 bits per heavy atom. The number of amidine groups is 1. The second kappa shape index (κ2) is 8.76. The molecule has 0 aliphatic heterocycles. The molecule has 2 N–H and O–H groups in total. The van der Waals surface area contributed by atoms with Crippen LogP contribution in [0.4, 0.5) is 9.59 Å². The Morgan fingerprint density at radius 3 is 2.29 bits per heavy atom. The minimum atomic E-state index is -0.685. The Bertz CT molecular complexity index is 380. The second-order valence-electron chi connectivity index (χ2n) is 5.64. The highest BCUT2D eigenvalue weighted by atomic mass is 32.2. The molecule has 0 spiro atoms. The van der Waals surface area contributed by atoms with Crippen molar-refractivity contribution < 1.29 is 14.3 Å². The predicted molar refractivity (Wildman–Crippen MR) is 85.4 cm³/mol. The Hall–Kier alpha value is -1.44. The fourth-order valence-corrected chi connectivity index (χ4v) is 1.57. The van der Waals surface area contributed by atoms with Gasteiger partial charge in [0.25, 0.3) is 0 Å². The fourth-order valence-electron chi connectivity index (χ4n) is 1.09. The second-order valence-corrected chi connectivity index (χ2v) is 7.27. The third-order valence-electron chi connectivity index (χ3n) is 2.16. The van der Waals surface area contributed by atoms with Crippen LogP contribution in [0.5, 0.6) is 0 Å². The van der Waals surface area contributed by atoms with Crippen molar-refractivity contribution in [1.82, 2.24) is 14.5 Å². The zero-order valence-electron chi connectivity index (χ0n) is 13.6. The average molecular weight is 318 g/mol. The van der Waals surface area contributed by atoms with Gasteiger partial charge in [-0.05, 0) is 39.1 Å². The summed E-state index contributed by atoms with van der Waals surface area (Å²) in [6.45, 7) is 8.08. The minimum Gasteiger partial charge on any atom is -0.465 e. The largest absolute Gasteiger partial charge is 0.465 e. The molecule has 0 aliphatic rings. The van der Waals surface area contributed by atoms with E-state index in [-0.39, 0.29) is 4.75 Å². The standard InChI is InChI=1S/C13H26N4O3S/c1-7-8-9-20-10(14)17(12(19)16(5)6)11(18)15-21-13(2,3)4/h14H,7-9H2,1-6H3,(H,15,18). The number of rotatable bonds is 4. The molecule has 0 rings (SSSR count). The van der Waals surface area contributed by atoms with Gasteiger partial charge in [-0.1, -0.05) is 13.3 Å². The molecule has 8 heteroatoms. The highest BCUT2D eigenvalue weighted by Gasteiger charge is 2.30. The van der Waals surface area contributed by atoms with E-state index >= 15 is 0 Å². The number of hydrogen-bond donors (Lipinski definition) is 2. The van der Waals surface area contributed by atoms with Crippen LogP contribution in [0, 0.1) is 5.41 Å². The topological polar surface area (TPSA) is 85.7 Å². The SMILES string of the molecule is CCCCOC(=N)N(C(=O)NSC(C)(C)C)C(=O)N(C)C. The van der Waals surface area contributed by atoms with E-state index in [2.05, 4.69) is 4.72 Å². The zero-order chi connectivity index (χ0) is 16.6. The molecule has 0 aromatic heterocycles. The molecule has 0 heterocycles. The first kappa shape index (κ1) is 19.6. The molecular formula is C13H26N4O3S. The smallest absolute Gasteiger partial charge is 0.343 e. The molecule has 0 atom stereocenters. The first-order chi connectivity index (χ1) is 9.60. The fraction of sp³-hybridized carbons (Fsp3) is 0.769. The first-order valence-electron chi connectivity index (χ1n) is 6.81. The van der Waals surface area contributed by atoms with Crippen molar-refractivity contribution in [3.8, 4) is 0 Å². The van der Waals surface area contributed by atoms with Crippen molar-refractivity contribution in [2.24, 2.45) is 0 Å². The Labute approximate surface area is 131 Å². The number of amides is 4. The van der Waals surface area contributed by atoms with Crippen LogP contribution in [-0.2, 0) is 4.74 Å². The Kier molecular flexibility index (Phi) is 8.16. The van der Waals surface area contributed by atoms with Gasteiger partial charge >= 0.3 is 18.1 Å². The number of nitrogens with zero attached hydrogens (tertiary/aromatic N) is 2. The minimum absolute atomic E-state index is 0.201. The van der Waals surface area contributed by atoms with Crippen LogP contribution in [-0.4, -0.2) is 53.3 Å². The quantitative estimate of drug-likeness (QED) is 0.361. The van der Waals surface area contributed by atoms with E-state index in [4.69, 9.17) is 10.1 Å². The lowest BCUT2D eigenvalue weighted by atomic mass is 10.3. The lowest BCUT2D eigenvalue weighted by Crippen LogP contribution is -2.50. The zero-order valence-corrected chi connectivity index (χ0v) is 14.5. The van der Waals surface area contributed by atoms with Crippen molar-refractivity contribution >= 4 is 30.0 Å². The normalized spacial score (nSPS) is 10.8. The number of carbonyl (C=O) groups excluding carboxylic acids is 2. The number of imide groups is 1. The first-order valence-corrected chi connectivity index (χ1v) is 7.62. The molecule has 0 radical (unpaired) electrons. The van der Waals surface area contributed by atoms with Crippen molar-refractivity contribution in [2.45, 2.75) is 45.3 Å². The van der Waals surface area contributed by atoms with Gasteiger partial charge in [-0.25, -0.2) is 9.59 Å². The highest BCUT2D eigenvalue weighted by molar-refractivity contribution is 7.99. The van der Waals surface area contributed by atoms with Crippen LogP contribution in [0.1, 0.15) is 40.5 Å². The van der Waals surface area contributed by atoms with Crippen molar-refractivity contribution in [3.63, 3.8) is 0 Å². The van der Waals surface area contributed by atoms with Crippen LogP contribution < -0.4 is 4.72 Å². The van der Waals surface area contributed by atoms with Crippen LogP contribution in [0.2, 0.25) is 0 Å². The van der Waals surface area contributed by atoms with Crippen LogP contribution >= 0.6 is 11.9 Å². The van der Waals surface area contributed by atoms with Gasteiger partial charge in [0.2, 0.25) is 0 Å². The monoisotopic (exact) mass is 318 g/mol. The lowest BCUT2D eigenvalue weighted by Gasteiger charge is -2.25. The number of hydrogen-bond acceptors (Lipinski definition) is 5. The predicted octanol–water partition coefficient (Wildman–Crippen LogP) is 2.88. The Balaban J connectivity index is 4.84. The van der Waals surface area contributed by atoms with E-state index in [1.54, 1.807) is 0 Å². The summed E-state index contributed by atoms with van der Waals surface area (Å²) in [5, 5.41) is 7.80. The summed E-state index contributed by atoms with van der Waals surface area (Å²) in [6.07, 6.45) is 1.66. The van der Waals surface area contributed by atoms with Gasteiger partial charge in [0.1, 0.15) is 0 Å². The number of carbonyl (C=O) groups is 2. The van der Waals surface area contributed by atoms with Crippen molar-refractivity contribution in [1.29, 1.82) is 5.41 Å². The summed E-state index contributed by atoms with van der Waals surface area (Å²) in [5.74, 6) is 0. The molecule has 0 fully saturated rings. The summed E-state index contributed by atoms with van der Waals surface area (Å²) in [7, 11) is 3.03. The van der Waals surface area contributed by atoms with Gasteiger partial charge < -0.3 is 9.64 Å². The van der Waals surface area contributed by atoms with Gasteiger partial charge in [-0.15, -0.1) is 0 Å². The van der Waals surface area contributed by atoms with Crippen molar-refractivity contribution in [2.75, 3.05) is 20.7 Å². The van der Waals surface area contributed by atoms with Crippen LogP contribution in [0.15, 0.2) is 0 Å². The van der Waals surface area contributed by atoms with Gasteiger partial charge in [-0.3, -0.25) is 10.1 Å². The summed E-state index contributed by atoms with van der Waals surface area (Å²) < 4.78 is 7.53. The summed E-state index contributed by atoms with van der Waals surface area (Å²) in [6, 6.07) is -1.77. The number of unbranched alkanes of at least 4 members (excludes halogenated alkanes) is 1. The summed E-state index contributed by atoms with van der Waals surface area (Å²) in [5.41, 5.74) is 0. The van der Waals surface area contributed by atoms with E-state index in [0.29, 0.717) is 11.5 Å². The van der Waals surface area contributed by atoms with Crippen LogP contribution in [0.3, 0.4) is 0 Å². The van der Waals surface area contributed by atoms with Gasteiger partial charge in [0, 0.05) is 18.8 Å². The number of ether oxygens (including phenoxy) is 1. The summed E-state index contributed by atoms with van der Waals surface area (Å²) >= 11 is 1.18. The van der Waals surface area contributed by atoms with Gasteiger partial charge in [0.15, 0.2) is 0 Å². The summed E-state index contributed by atoms with van der Waals surface area (Å²) in [4.78, 5) is 26.1. The molecule has 0 aliphatic carbocycles. The number of nitrogens with one attached hydrogen (secondary N) is 2. The maximum atomic E-state index is 12.1. The third kappa shape index (κ3) is 7.79. The molecule has 0 bridgehead atoms. The molecule has 0 aromatic carbocycles. The highest BCUT2D eigenvalue weighted by Crippen LogP contribution is 2.20. The molecule has 122 valence electrons. The van der Waals surface area contributed by atoms with Gasteiger partial charge in [0.05, 0.1) is 6.61 Å². The van der Waals surface area contributed by atoms with Crippen molar-refractivity contribution in [3.05, 3.63) is 0 Å². The molecule has 0 saturated carbocycles. The van der Waals surface area contributed by atoms with E-state index in [9.17, 15) is 9.59 Å². The Morgan fingerprint density at radius 1 is 1.29 bits per heavy atom. The van der Waals surface area contributed by atoms with Crippen LogP contribution in [0.25, 0.3) is 0 Å². The number of urea groups is 2. The van der Waals surface area contributed by atoms with E-state index in [1.807, 2.05) is 27.7 Å². The molecule has 7 nitrogen and oxygen atoms in total. The molecule has 0 aromatic rings. The molecule has 0 unspecified atom stereocenters. The molecule has 21 heavy (non-hydrogen) atoms. The molecule has 4 amide bonds. The maximum absolute atomic E-state index is 12.1. The average Bonchev–Trinajstić information content (AvgIpc) is 2.36. The third-order valence-corrected chi connectivity index (χ3v) is 3.05. The van der Waals surface area contributed by atoms with E-state index < -0.39 is 18.1 Å². The molecule has 0 saturated heterocycles. The van der Waals surface area contributed by atoms with E-state index in [0.717, 1.165) is 12.8 Å².